The number of ketones is 1. The number of aliphatic hydroxyl groups is 2. The van der Waals surface area contributed by atoms with Crippen molar-refractivity contribution in [3.8, 4) is 0 Å². The van der Waals surface area contributed by atoms with E-state index in [1.807, 2.05) is 11.4 Å². The Labute approximate surface area is 168 Å². The van der Waals surface area contributed by atoms with Gasteiger partial charge in [-0.05, 0) is 17.7 Å². The summed E-state index contributed by atoms with van der Waals surface area (Å²) < 4.78 is 0. The number of carbonyl (C=O) groups excluding carboxylic acids is 2. The predicted octanol–water partition coefficient (Wildman–Crippen LogP) is 1.32. The molecule has 0 bridgehead atoms. The van der Waals surface area contributed by atoms with Gasteiger partial charge in [0.2, 0.25) is 0 Å². The van der Waals surface area contributed by atoms with Crippen molar-refractivity contribution in [2.45, 2.75) is 6.04 Å². The fourth-order valence-corrected chi connectivity index (χ4v) is 3.45. The normalized spacial score (nSPS) is 18.6. The smallest absolute Gasteiger partial charge is 0.295 e. The SMILES string of the molecule is O=C1C(=O)N(CC[NH2+]CCO)[C@@H](c2ccc(Cl)cc2)C1=C(O)c1ccccc1. The minimum Gasteiger partial charge on any atom is -0.507 e. The van der Waals surface area contributed by atoms with Crippen LogP contribution in [0.1, 0.15) is 17.2 Å². The summed E-state index contributed by atoms with van der Waals surface area (Å²) in [5.41, 5.74) is 1.25. The zero-order chi connectivity index (χ0) is 20.1. The Morgan fingerprint density at radius 2 is 1.71 bits per heavy atom. The number of halogens is 1. The molecule has 1 aliphatic rings. The van der Waals surface area contributed by atoms with Crippen LogP contribution in [0.2, 0.25) is 5.02 Å². The molecule has 1 heterocycles. The van der Waals surface area contributed by atoms with Crippen LogP contribution in [0, 0.1) is 0 Å². The summed E-state index contributed by atoms with van der Waals surface area (Å²) in [5, 5.41) is 22.2. The first-order valence-corrected chi connectivity index (χ1v) is 9.44. The maximum absolute atomic E-state index is 12.8. The third kappa shape index (κ3) is 4.09. The number of amides is 1. The number of Topliss-reactive ketones (excluding diaryl/α,β-unsaturated/α-hetero) is 1. The Kier molecular flexibility index (Phi) is 6.46. The highest BCUT2D eigenvalue weighted by atomic mass is 35.5. The number of rotatable bonds is 7. The summed E-state index contributed by atoms with van der Waals surface area (Å²) >= 11 is 5.99. The van der Waals surface area contributed by atoms with Gasteiger partial charge in [0, 0.05) is 10.6 Å². The maximum atomic E-state index is 12.8. The molecule has 0 unspecified atom stereocenters. The van der Waals surface area contributed by atoms with E-state index in [1.54, 1.807) is 48.5 Å². The van der Waals surface area contributed by atoms with Crippen molar-refractivity contribution in [2.24, 2.45) is 0 Å². The second-order valence-corrected chi connectivity index (χ2v) is 6.94. The van der Waals surface area contributed by atoms with Gasteiger partial charge in [-0.15, -0.1) is 0 Å². The van der Waals surface area contributed by atoms with Gasteiger partial charge in [0.15, 0.2) is 0 Å². The van der Waals surface area contributed by atoms with Crippen LogP contribution < -0.4 is 5.32 Å². The average Bonchev–Trinajstić information content (AvgIpc) is 2.97. The minimum atomic E-state index is -0.705. The molecule has 1 saturated heterocycles. The standard InChI is InChI=1S/C21H21ClN2O4/c22-16-8-6-14(7-9-16)18-17(19(26)15-4-2-1-3-5-15)20(27)21(28)24(18)12-10-23-11-13-25/h1-9,18,23,25-26H,10-13H2/p+1/t18-/m0/s1. The van der Waals surface area contributed by atoms with E-state index in [0.29, 0.717) is 35.8 Å². The van der Waals surface area contributed by atoms with E-state index in [-0.39, 0.29) is 17.9 Å². The Morgan fingerprint density at radius 1 is 1.04 bits per heavy atom. The average molecular weight is 402 g/mol. The van der Waals surface area contributed by atoms with Crippen molar-refractivity contribution in [1.82, 2.24) is 4.90 Å². The van der Waals surface area contributed by atoms with Gasteiger partial charge in [0.25, 0.3) is 11.7 Å². The summed E-state index contributed by atoms with van der Waals surface area (Å²) in [4.78, 5) is 27.0. The van der Waals surface area contributed by atoms with Crippen molar-refractivity contribution < 1.29 is 25.1 Å². The molecule has 1 fully saturated rings. The molecule has 0 aromatic heterocycles. The second kappa shape index (κ2) is 9.01. The van der Waals surface area contributed by atoms with Crippen molar-refractivity contribution >= 4 is 29.1 Å². The molecule has 3 rings (SSSR count). The van der Waals surface area contributed by atoms with Gasteiger partial charge in [0.1, 0.15) is 5.76 Å². The van der Waals surface area contributed by atoms with Crippen molar-refractivity contribution in [2.75, 3.05) is 26.2 Å². The van der Waals surface area contributed by atoms with Crippen molar-refractivity contribution in [1.29, 1.82) is 0 Å². The first kappa shape index (κ1) is 20.1. The molecule has 1 atom stereocenters. The lowest BCUT2D eigenvalue weighted by molar-refractivity contribution is -0.655. The molecule has 2 aromatic carbocycles. The molecule has 7 heteroatoms. The largest absolute Gasteiger partial charge is 0.507 e. The lowest BCUT2D eigenvalue weighted by atomic mass is 9.95. The molecule has 1 aliphatic heterocycles. The number of likely N-dealkylation sites (tertiary alicyclic amines) is 1. The lowest BCUT2D eigenvalue weighted by Crippen LogP contribution is -2.86. The van der Waals surface area contributed by atoms with Crippen LogP contribution in [0.3, 0.4) is 0 Å². The summed E-state index contributed by atoms with van der Waals surface area (Å²) in [7, 11) is 0. The summed E-state index contributed by atoms with van der Waals surface area (Å²) in [6.07, 6.45) is 0. The predicted molar refractivity (Wildman–Crippen MR) is 106 cm³/mol. The van der Waals surface area contributed by atoms with Gasteiger partial charge < -0.3 is 20.4 Å². The summed E-state index contributed by atoms with van der Waals surface area (Å²) in [6, 6.07) is 14.9. The lowest BCUT2D eigenvalue weighted by Gasteiger charge is -2.24. The van der Waals surface area contributed by atoms with Crippen LogP contribution in [0.4, 0.5) is 0 Å². The van der Waals surface area contributed by atoms with E-state index in [1.165, 1.54) is 4.90 Å². The van der Waals surface area contributed by atoms with Crippen LogP contribution in [-0.4, -0.2) is 53.0 Å². The van der Waals surface area contributed by atoms with Crippen molar-refractivity contribution in [3.63, 3.8) is 0 Å². The molecule has 1 amide bonds. The zero-order valence-corrected chi connectivity index (χ0v) is 16.0. The molecular weight excluding hydrogens is 380 g/mol. The second-order valence-electron chi connectivity index (χ2n) is 6.50. The Hall–Kier alpha value is -2.67. The highest BCUT2D eigenvalue weighted by molar-refractivity contribution is 6.46. The first-order valence-electron chi connectivity index (χ1n) is 9.06. The topological polar surface area (TPSA) is 94.5 Å². The van der Waals surface area contributed by atoms with Crippen LogP contribution in [-0.2, 0) is 9.59 Å². The number of benzene rings is 2. The molecule has 146 valence electrons. The fraction of sp³-hybridized carbons (Fsp3) is 0.238. The Balaban J connectivity index is 2.04. The third-order valence-corrected chi connectivity index (χ3v) is 4.93. The van der Waals surface area contributed by atoms with Gasteiger partial charge in [-0.2, -0.15) is 0 Å². The molecule has 0 radical (unpaired) electrons. The summed E-state index contributed by atoms with van der Waals surface area (Å²) in [6.45, 7) is 1.39. The van der Waals surface area contributed by atoms with Crippen LogP contribution in [0.25, 0.3) is 5.76 Å². The molecule has 4 N–H and O–H groups in total. The molecular formula is C21H22ClN2O4+. The molecule has 6 nitrogen and oxygen atoms in total. The zero-order valence-electron chi connectivity index (χ0n) is 15.2. The summed E-state index contributed by atoms with van der Waals surface area (Å²) in [5.74, 6) is -1.54. The number of nitrogens with two attached hydrogens (primary N) is 1. The Morgan fingerprint density at radius 3 is 2.36 bits per heavy atom. The van der Waals surface area contributed by atoms with Gasteiger partial charge in [-0.1, -0.05) is 54.1 Å². The van der Waals surface area contributed by atoms with E-state index in [4.69, 9.17) is 16.7 Å². The Bertz CT molecular complexity index is 881. The van der Waals surface area contributed by atoms with Crippen LogP contribution in [0.5, 0.6) is 0 Å². The van der Waals surface area contributed by atoms with E-state index < -0.39 is 17.7 Å². The van der Waals surface area contributed by atoms with Gasteiger partial charge in [-0.25, -0.2) is 0 Å². The van der Waals surface area contributed by atoms with Gasteiger partial charge in [-0.3, -0.25) is 9.59 Å². The fourth-order valence-electron chi connectivity index (χ4n) is 3.32. The number of nitrogens with zero attached hydrogens (tertiary/aromatic N) is 1. The van der Waals surface area contributed by atoms with Gasteiger partial charge >= 0.3 is 0 Å². The molecule has 0 saturated carbocycles. The van der Waals surface area contributed by atoms with E-state index >= 15 is 0 Å². The van der Waals surface area contributed by atoms with E-state index in [2.05, 4.69) is 0 Å². The maximum Gasteiger partial charge on any atom is 0.295 e. The quantitative estimate of drug-likeness (QED) is 0.282. The number of carbonyl (C=O) groups is 2. The van der Waals surface area contributed by atoms with Crippen LogP contribution >= 0.6 is 11.6 Å². The number of aliphatic hydroxyl groups excluding tert-OH is 2. The number of hydrogen-bond donors (Lipinski definition) is 3. The van der Waals surface area contributed by atoms with Crippen LogP contribution in [0.15, 0.2) is 60.2 Å². The monoisotopic (exact) mass is 401 g/mol. The molecule has 0 aliphatic carbocycles. The molecule has 0 spiro atoms. The molecule has 28 heavy (non-hydrogen) atoms. The van der Waals surface area contributed by atoms with E-state index in [0.717, 1.165) is 0 Å². The van der Waals surface area contributed by atoms with Crippen molar-refractivity contribution in [3.05, 3.63) is 76.3 Å². The molecule has 2 aromatic rings. The highest BCUT2D eigenvalue weighted by Crippen LogP contribution is 2.39. The highest BCUT2D eigenvalue weighted by Gasteiger charge is 2.46. The minimum absolute atomic E-state index is 0.0352. The third-order valence-electron chi connectivity index (χ3n) is 4.68. The first-order chi connectivity index (χ1) is 13.5. The van der Waals surface area contributed by atoms with Gasteiger partial charge in [0.05, 0.1) is 37.9 Å². The number of quaternary nitrogens is 1. The number of hydrogen-bond acceptors (Lipinski definition) is 4. The van der Waals surface area contributed by atoms with E-state index in [9.17, 15) is 14.7 Å².